The maximum Gasteiger partial charge on any atom is 0.137 e. The zero-order valence-electron chi connectivity index (χ0n) is 9.93. The van der Waals surface area contributed by atoms with Gasteiger partial charge in [-0.1, -0.05) is 6.07 Å². The summed E-state index contributed by atoms with van der Waals surface area (Å²) >= 11 is 3.14. The van der Waals surface area contributed by atoms with Gasteiger partial charge in [-0.15, -0.1) is 0 Å². The number of likely N-dealkylation sites (N-methyl/N-ethyl adjacent to an activating group) is 1. The van der Waals surface area contributed by atoms with Gasteiger partial charge in [-0.2, -0.15) is 0 Å². The van der Waals surface area contributed by atoms with Crippen LogP contribution in [-0.2, 0) is 6.54 Å². The molecule has 1 N–H and O–H groups in total. The summed E-state index contributed by atoms with van der Waals surface area (Å²) in [4.78, 5) is 2.15. The Labute approximate surface area is 105 Å². The van der Waals surface area contributed by atoms with Crippen LogP contribution in [0.1, 0.15) is 12.5 Å². The first kappa shape index (κ1) is 13.6. The van der Waals surface area contributed by atoms with Crippen LogP contribution in [-0.4, -0.2) is 31.6 Å². The second-order valence-corrected chi connectivity index (χ2v) is 5.05. The van der Waals surface area contributed by atoms with Crippen molar-refractivity contribution in [2.75, 3.05) is 20.6 Å². The molecule has 1 aromatic carbocycles. The van der Waals surface area contributed by atoms with E-state index in [0.717, 1.165) is 12.1 Å². The molecule has 90 valence electrons. The molecule has 0 heterocycles. The van der Waals surface area contributed by atoms with Crippen LogP contribution >= 0.6 is 15.9 Å². The van der Waals surface area contributed by atoms with Crippen LogP contribution < -0.4 is 5.32 Å². The van der Waals surface area contributed by atoms with E-state index in [-0.39, 0.29) is 5.82 Å². The van der Waals surface area contributed by atoms with Gasteiger partial charge < -0.3 is 10.2 Å². The van der Waals surface area contributed by atoms with Crippen molar-refractivity contribution in [2.45, 2.75) is 19.5 Å². The van der Waals surface area contributed by atoms with Crippen molar-refractivity contribution in [3.8, 4) is 0 Å². The van der Waals surface area contributed by atoms with Gasteiger partial charge in [0.1, 0.15) is 5.82 Å². The summed E-state index contributed by atoms with van der Waals surface area (Å²) < 4.78 is 13.7. The Morgan fingerprint density at radius 2 is 2.12 bits per heavy atom. The van der Waals surface area contributed by atoms with E-state index in [1.807, 2.05) is 20.2 Å². The molecule has 0 aromatic heterocycles. The molecule has 1 aromatic rings. The third-order valence-electron chi connectivity index (χ3n) is 2.63. The van der Waals surface area contributed by atoms with Crippen molar-refractivity contribution in [3.63, 3.8) is 0 Å². The molecule has 2 nitrogen and oxygen atoms in total. The van der Waals surface area contributed by atoms with E-state index >= 15 is 0 Å². The van der Waals surface area contributed by atoms with Gasteiger partial charge >= 0.3 is 0 Å². The second-order valence-electron chi connectivity index (χ2n) is 4.19. The number of nitrogens with zero attached hydrogens (tertiary/aromatic N) is 1. The number of rotatable bonds is 5. The van der Waals surface area contributed by atoms with E-state index < -0.39 is 0 Å². The summed E-state index contributed by atoms with van der Waals surface area (Å²) in [6, 6.07) is 5.68. The first-order chi connectivity index (χ1) is 7.50. The van der Waals surface area contributed by atoms with Crippen molar-refractivity contribution in [1.82, 2.24) is 10.2 Å². The van der Waals surface area contributed by atoms with Crippen molar-refractivity contribution in [3.05, 3.63) is 34.1 Å². The number of benzene rings is 1. The maximum atomic E-state index is 13.2. The predicted octanol–water partition coefficient (Wildman–Crippen LogP) is 2.63. The monoisotopic (exact) mass is 288 g/mol. The van der Waals surface area contributed by atoms with E-state index in [9.17, 15) is 4.39 Å². The quantitative estimate of drug-likeness (QED) is 0.896. The third kappa shape index (κ3) is 4.20. The molecule has 0 radical (unpaired) electrons. The van der Waals surface area contributed by atoms with Crippen molar-refractivity contribution >= 4 is 15.9 Å². The SMILES string of the molecule is CC(CNCc1ccc(Br)c(F)c1)N(C)C. The zero-order chi connectivity index (χ0) is 12.1. The largest absolute Gasteiger partial charge is 0.311 e. The molecule has 1 rings (SSSR count). The van der Waals surface area contributed by atoms with Gasteiger partial charge in [0.25, 0.3) is 0 Å². The first-order valence-corrected chi connectivity index (χ1v) is 6.11. The molecule has 0 fully saturated rings. The summed E-state index contributed by atoms with van der Waals surface area (Å²) in [5.74, 6) is -0.208. The highest BCUT2D eigenvalue weighted by molar-refractivity contribution is 9.10. The Bertz CT molecular complexity index is 342. The van der Waals surface area contributed by atoms with E-state index in [0.29, 0.717) is 17.1 Å². The predicted molar refractivity (Wildman–Crippen MR) is 69.0 cm³/mol. The lowest BCUT2D eigenvalue weighted by Crippen LogP contribution is -2.35. The second kappa shape index (κ2) is 6.33. The van der Waals surface area contributed by atoms with Gasteiger partial charge in [-0.3, -0.25) is 0 Å². The highest BCUT2D eigenvalue weighted by Gasteiger charge is 2.04. The maximum absolute atomic E-state index is 13.2. The van der Waals surface area contributed by atoms with Crippen LogP contribution in [0.3, 0.4) is 0 Å². The van der Waals surface area contributed by atoms with Crippen molar-refractivity contribution in [2.24, 2.45) is 0 Å². The Morgan fingerprint density at radius 3 is 2.69 bits per heavy atom. The average molecular weight is 289 g/mol. The van der Waals surface area contributed by atoms with Gasteiger partial charge in [-0.25, -0.2) is 4.39 Å². The van der Waals surface area contributed by atoms with Crippen molar-refractivity contribution < 1.29 is 4.39 Å². The van der Waals surface area contributed by atoms with Gasteiger partial charge in [0.15, 0.2) is 0 Å². The Hall–Kier alpha value is -0.450. The zero-order valence-corrected chi connectivity index (χ0v) is 11.5. The fourth-order valence-electron chi connectivity index (χ4n) is 1.26. The minimum Gasteiger partial charge on any atom is -0.311 e. The van der Waals surface area contributed by atoms with Crippen LogP contribution in [0, 0.1) is 5.82 Å². The van der Waals surface area contributed by atoms with Gasteiger partial charge in [0.05, 0.1) is 4.47 Å². The smallest absolute Gasteiger partial charge is 0.137 e. The highest BCUT2D eigenvalue weighted by atomic mass is 79.9. The third-order valence-corrected chi connectivity index (χ3v) is 3.28. The van der Waals surface area contributed by atoms with Crippen molar-refractivity contribution in [1.29, 1.82) is 0 Å². The standard InChI is InChI=1S/C12H18BrFN2/c1-9(16(2)3)7-15-8-10-4-5-11(13)12(14)6-10/h4-6,9,15H,7-8H2,1-3H3. The summed E-state index contributed by atoms with van der Waals surface area (Å²) in [5, 5.41) is 3.31. The minimum absolute atomic E-state index is 0.208. The molecular weight excluding hydrogens is 271 g/mol. The number of hydrogen-bond acceptors (Lipinski definition) is 2. The van der Waals surface area contributed by atoms with Crippen LogP contribution in [0.2, 0.25) is 0 Å². The fourth-order valence-corrected chi connectivity index (χ4v) is 1.50. The summed E-state index contributed by atoms with van der Waals surface area (Å²) in [6.07, 6.45) is 0. The molecule has 0 bridgehead atoms. The highest BCUT2D eigenvalue weighted by Crippen LogP contribution is 2.16. The van der Waals surface area contributed by atoms with E-state index in [4.69, 9.17) is 0 Å². The topological polar surface area (TPSA) is 15.3 Å². The average Bonchev–Trinajstić information content (AvgIpc) is 2.23. The molecule has 0 spiro atoms. The van der Waals surface area contributed by atoms with Gasteiger partial charge in [0, 0.05) is 19.1 Å². The molecule has 4 heteroatoms. The molecule has 1 atom stereocenters. The lowest BCUT2D eigenvalue weighted by atomic mass is 10.2. The van der Waals surface area contributed by atoms with Crippen LogP contribution in [0.4, 0.5) is 4.39 Å². The van der Waals surface area contributed by atoms with Gasteiger partial charge in [-0.05, 0) is 54.6 Å². The van der Waals surface area contributed by atoms with E-state index in [1.54, 1.807) is 12.1 Å². The fraction of sp³-hybridized carbons (Fsp3) is 0.500. The summed E-state index contributed by atoms with van der Waals surface area (Å²) in [5.41, 5.74) is 0.964. The molecule has 0 saturated heterocycles. The molecule has 1 unspecified atom stereocenters. The summed E-state index contributed by atoms with van der Waals surface area (Å²) in [7, 11) is 4.09. The Kier molecular flexibility index (Phi) is 5.38. The number of halogens is 2. The van der Waals surface area contributed by atoms with Gasteiger partial charge in [0.2, 0.25) is 0 Å². The Balaban J connectivity index is 2.40. The van der Waals surface area contributed by atoms with E-state index in [2.05, 4.69) is 33.1 Å². The van der Waals surface area contributed by atoms with E-state index in [1.165, 1.54) is 0 Å². The molecule has 0 aliphatic heterocycles. The normalized spacial score (nSPS) is 13.1. The number of hydrogen-bond donors (Lipinski definition) is 1. The Morgan fingerprint density at radius 1 is 1.44 bits per heavy atom. The molecule has 0 saturated carbocycles. The van der Waals surface area contributed by atoms with Crippen LogP contribution in [0.15, 0.2) is 22.7 Å². The molecular formula is C12H18BrFN2. The minimum atomic E-state index is -0.208. The molecule has 0 aliphatic rings. The lowest BCUT2D eigenvalue weighted by Gasteiger charge is -2.20. The van der Waals surface area contributed by atoms with Crippen LogP contribution in [0.25, 0.3) is 0 Å². The lowest BCUT2D eigenvalue weighted by molar-refractivity contribution is 0.302. The molecule has 0 amide bonds. The first-order valence-electron chi connectivity index (χ1n) is 5.31. The van der Waals surface area contributed by atoms with Crippen LogP contribution in [0.5, 0.6) is 0 Å². The molecule has 16 heavy (non-hydrogen) atoms. The summed E-state index contributed by atoms with van der Waals surface area (Å²) in [6.45, 7) is 3.74. The molecule has 0 aliphatic carbocycles. The number of nitrogens with one attached hydrogen (secondary N) is 1.